The third-order valence-corrected chi connectivity index (χ3v) is 8.01. The van der Waals surface area contributed by atoms with Crippen molar-refractivity contribution in [2.75, 3.05) is 13.7 Å². The van der Waals surface area contributed by atoms with Gasteiger partial charge < -0.3 is 19.4 Å². The van der Waals surface area contributed by atoms with Crippen molar-refractivity contribution in [3.8, 4) is 28.3 Å². The second kappa shape index (κ2) is 12.5. The predicted molar refractivity (Wildman–Crippen MR) is 180 cm³/mol. The van der Waals surface area contributed by atoms with E-state index < -0.39 is 0 Å². The first-order valence-corrected chi connectivity index (χ1v) is 14.5. The number of hydrogen-bond donors (Lipinski definition) is 0. The Hall–Kier alpha value is -5.43. The molecule has 7 nitrogen and oxygen atoms in total. The van der Waals surface area contributed by atoms with Crippen molar-refractivity contribution in [1.82, 2.24) is 15.2 Å². The summed E-state index contributed by atoms with van der Waals surface area (Å²) in [4.78, 5) is 12.8. The molecule has 8 heteroatoms. The largest absolute Gasteiger partial charge is 0.574 e. The molecule has 1 radical (unpaired) electrons. The van der Waals surface area contributed by atoms with Gasteiger partial charge in [-0.3, -0.25) is 15.0 Å². The van der Waals surface area contributed by atoms with Crippen molar-refractivity contribution in [3.63, 3.8) is 0 Å². The number of aromatic nitrogens is 3. The fourth-order valence-electron chi connectivity index (χ4n) is 5.69. The Balaban J connectivity index is 0.000000151. The SMILES string of the molecule is COc1ccc(-c2ccnc(-c3ccn[n-]3)c2)cc1.[Ir].[c-]1cc2oc3c4cc5ccccc5cc4ccc3c2cc1C1=NC=NC1. The molecule has 4 heterocycles. The Morgan fingerprint density at radius 2 is 1.63 bits per heavy atom. The number of rotatable bonds is 4. The average molecular weight is 776 g/mol. The van der Waals surface area contributed by atoms with Gasteiger partial charge in [-0.25, -0.2) is 0 Å². The van der Waals surface area contributed by atoms with Crippen LogP contribution in [0, 0.1) is 6.07 Å². The molecule has 46 heavy (non-hydrogen) atoms. The molecular weight excluding hydrogens is 751 g/mol. The first-order valence-electron chi connectivity index (χ1n) is 14.5. The number of fused-ring (bicyclic) bond motifs is 6. The van der Waals surface area contributed by atoms with E-state index in [-0.39, 0.29) is 20.1 Å². The molecule has 0 atom stereocenters. The Morgan fingerprint density at radius 1 is 0.783 bits per heavy atom. The number of methoxy groups -OCH3 is 1. The Kier molecular flexibility index (Phi) is 7.97. The number of pyridine rings is 1. The number of ether oxygens (including phenoxy) is 1. The minimum Gasteiger partial charge on any atom is -0.574 e. The number of nitrogens with zero attached hydrogens (tertiary/aromatic N) is 5. The van der Waals surface area contributed by atoms with E-state index in [1.165, 1.54) is 16.2 Å². The molecule has 3 aromatic heterocycles. The Morgan fingerprint density at radius 3 is 2.39 bits per heavy atom. The standard InChI is InChI=1S/C23H13N2O.C15H12N3O.Ir/c1-2-4-15-10-19-16(9-14(15)3-1)5-7-18-20-11-17(21-12-24-13-25-21)6-8-22(20)26-23(18)19;1-19-13-4-2-11(3-5-13)12-6-8-16-15(10-12)14-7-9-17-18-14;/h1-5,7-11,13H,12H2;2-10H,1H3;/q2*-1;. The molecule has 0 amide bonds. The second-order valence-corrected chi connectivity index (χ2v) is 10.7. The van der Waals surface area contributed by atoms with E-state index in [2.05, 4.69) is 85.8 Å². The number of benzene rings is 5. The van der Waals surface area contributed by atoms with Gasteiger partial charge in [0.2, 0.25) is 0 Å². The zero-order valence-corrected chi connectivity index (χ0v) is 27.0. The van der Waals surface area contributed by atoms with Crippen LogP contribution in [0.3, 0.4) is 0 Å². The van der Waals surface area contributed by atoms with Crippen LogP contribution in [0.2, 0.25) is 0 Å². The summed E-state index contributed by atoms with van der Waals surface area (Å²) >= 11 is 0. The molecule has 0 unspecified atom stereocenters. The third-order valence-electron chi connectivity index (χ3n) is 8.01. The van der Waals surface area contributed by atoms with Gasteiger partial charge in [-0.1, -0.05) is 65.7 Å². The quantitative estimate of drug-likeness (QED) is 0.133. The van der Waals surface area contributed by atoms with Crippen LogP contribution in [0.4, 0.5) is 0 Å². The van der Waals surface area contributed by atoms with Crippen LogP contribution in [0.5, 0.6) is 5.75 Å². The van der Waals surface area contributed by atoms with Gasteiger partial charge >= 0.3 is 0 Å². The summed E-state index contributed by atoms with van der Waals surface area (Å²) in [5.41, 5.74) is 7.53. The van der Waals surface area contributed by atoms with E-state index in [4.69, 9.17) is 9.15 Å². The molecule has 1 aliphatic heterocycles. The van der Waals surface area contributed by atoms with Crippen molar-refractivity contribution in [3.05, 3.63) is 127 Å². The van der Waals surface area contributed by atoms with Gasteiger partial charge in [0.25, 0.3) is 0 Å². The molecule has 0 N–H and O–H groups in total. The zero-order chi connectivity index (χ0) is 30.2. The number of furan rings is 1. The van der Waals surface area contributed by atoms with E-state index in [1.807, 2.05) is 48.5 Å². The summed E-state index contributed by atoms with van der Waals surface area (Å²) < 4.78 is 11.4. The molecule has 0 fully saturated rings. The minimum absolute atomic E-state index is 0. The molecule has 0 aliphatic carbocycles. The summed E-state index contributed by atoms with van der Waals surface area (Å²) in [6, 6.07) is 38.2. The molecule has 0 saturated carbocycles. The molecule has 1 aliphatic rings. The normalized spacial score (nSPS) is 12.2. The van der Waals surface area contributed by atoms with E-state index in [1.54, 1.807) is 25.8 Å². The first kappa shape index (κ1) is 29.3. The van der Waals surface area contributed by atoms with Gasteiger partial charge in [-0.15, -0.1) is 23.8 Å². The number of aliphatic imine (C=N–C) groups is 2. The van der Waals surface area contributed by atoms with E-state index in [0.29, 0.717) is 6.54 Å². The fraction of sp³-hybridized carbons (Fsp3) is 0.0526. The number of hydrogen-bond acceptors (Lipinski definition) is 6. The molecule has 0 saturated heterocycles. The van der Waals surface area contributed by atoms with Crippen molar-refractivity contribution < 1.29 is 29.3 Å². The average Bonchev–Trinajstić information content (AvgIpc) is 3.90. The smallest absolute Gasteiger partial charge is 0.128 e. The zero-order valence-electron chi connectivity index (χ0n) is 24.6. The molecule has 0 spiro atoms. The van der Waals surface area contributed by atoms with Crippen LogP contribution in [0.15, 0.2) is 130 Å². The van der Waals surface area contributed by atoms with Gasteiger partial charge in [0.15, 0.2) is 0 Å². The summed E-state index contributed by atoms with van der Waals surface area (Å²) in [5.74, 6) is 0.847. The summed E-state index contributed by atoms with van der Waals surface area (Å²) in [7, 11) is 1.66. The predicted octanol–water partition coefficient (Wildman–Crippen LogP) is 8.30. The van der Waals surface area contributed by atoms with Crippen molar-refractivity contribution >= 4 is 55.5 Å². The van der Waals surface area contributed by atoms with Crippen molar-refractivity contribution in [2.24, 2.45) is 9.98 Å². The molecule has 225 valence electrons. The Labute approximate surface area is 278 Å². The maximum absolute atomic E-state index is 6.23. The topological polar surface area (TPSA) is 87.0 Å². The van der Waals surface area contributed by atoms with Crippen LogP contribution < -0.4 is 9.84 Å². The van der Waals surface area contributed by atoms with Crippen molar-refractivity contribution in [2.45, 2.75) is 0 Å². The molecular formula is C38H25IrN5O2-2. The summed E-state index contributed by atoms with van der Waals surface area (Å²) in [5, 5.41) is 14.8. The van der Waals surface area contributed by atoms with Gasteiger partial charge in [-0.05, 0) is 69.4 Å². The molecule has 5 aromatic carbocycles. The maximum Gasteiger partial charge on any atom is 0.128 e. The molecule has 0 bridgehead atoms. The summed E-state index contributed by atoms with van der Waals surface area (Å²) in [6.45, 7) is 0.618. The van der Waals surface area contributed by atoms with E-state index in [0.717, 1.165) is 66.9 Å². The molecule has 9 rings (SSSR count). The molecule has 8 aromatic rings. The second-order valence-electron chi connectivity index (χ2n) is 10.7. The maximum atomic E-state index is 6.23. The van der Waals surface area contributed by atoms with Crippen LogP contribution in [-0.4, -0.2) is 35.8 Å². The van der Waals surface area contributed by atoms with Gasteiger partial charge in [0.05, 0.1) is 19.0 Å². The van der Waals surface area contributed by atoms with Gasteiger partial charge in [-0.2, -0.15) is 0 Å². The third kappa shape index (κ3) is 5.49. The van der Waals surface area contributed by atoms with Crippen LogP contribution in [-0.2, 0) is 20.1 Å². The Bertz CT molecular complexity index is 2390. The first-order chi connectivity index (χ1) is 22.2. The van der Waals surface area contributed by atoms with Crippen LogP contribution >= 0.6 is 0 Å². The van der Waals surface area contributed by atoms with Gasteiger partial charge in [0.1, 0.15) is 11.3 Å². The van der Waals surface area contributed by atoms with E-state index >= 15 is 0 Å². The van der Waals surface area contributed by atoms with Crippen LogP contribution in [0.1, 0.15) is 5.56 Å². The van der Waals surface area contributed by atoms with Crippen LogP contribution in [0.25, 0.3) is 66.0 Å². The summed E-state index contributed by atoms with van der Waals surface area (Å²) in [6.07, 6.45) is 5.06. The monoisotopic (exact) mass is 776 g/mol. The fourth-order valence-corrected chi connectivity index (χ4v) is 5.69. The van der Waals surface area contributed by atoms with Gasteiger partial charge in [0, 0.05) is 55.5 Å². The van der Waals surface area contributed by atoms with Crippen molar-refractivity contribution in [1.29, 1.82) is 0 Å². The van der Waals surface area contributed by atoms with E-state index in [9.17, 15) is 0 Å². The minimum atomic E-state index is 0.